The van der Waals surface area contributed by atoms with Gasteiger partial charge in [-0.25, -0.2) is 4.79 Å². The van der Waals surface area contributed by atoms with Crippen molar-refractivity contribution in [1.82, 2.24) is 9.78 Å². The zero-order valence-corrected chi connectivity index (χ0v) is 20.9. The first-order chi connectivity index (χ1) is 17.9. The van der Waals surface area contributed by atoms with Crippen molar-refractivity contribution in [2.24, 2.45) is 7.05 Å². The Bertz CT molecular complexity index is 1490. The number of rotatable bonds is 9. The van der Waals surface area contributed by atoms with Crippen LogP contribution in [0.4, 0.5) is 5.82 Å². The molecular formula is C27H27N3O7. The lowest BCUT2D eigenvalue weighted by molar-refractivity contribution is -0.122. The number of carbonyl (C=O) groups excluding carboxylic acids is 2. The van der Waals surface area contributed by atoms with Gasteiger partial charge in [-0.1, -0.05) is 19.1 Å². The topological polar surface area (TPSA) is 122 Å². The number of amides is 1. The predicted molar refractivity (Wildman–Crippen MR) is 137 cm³/mol. The minimum Gasteiger partial charge on any atom is -0.497 e. The minimum absolute atomic E-state index is 0.0958. The Morgan fingerprint density at radius 2 is 1.84 bits per heavy atom. The number of esters is 1. The van der Waals surface area contributed by atoms with E-state index in [1.54, 1.807) is 76.5 Å². The van der Waals surface area contributed by atoms with Gasteiger partial charge in [0, 0.05) is 12.6 Å². The maximum absolute atomic E-state index is 13.5. The summed E-state index contributed by atoms with van der Waals surface area (Å²) < 4.78 is 23.8. The van der Waals surface area contributed by atoms with Crippen LogP contribution in [0.2, 0.25) is 0 Å². The van der Waals surface area contributed by atoms with Crippen molar-refractivity contribution >= 4 is 28.7 Å². The average Bonchev–Trinajstić information content (AvgIpc) is 3.28. The quantitative estimate of drug-likeness (QED) is 0.336. The highest BCUT2D eigenvalue weighted by atomic mass is 16.5. The van der Waals surface area contributed by atoms with E-state index in [0.29, 0.717) is 22.3 Å². The van der Waals surface area contributed by atoms with Crippen molar-refractivity contribution in [3.05, 3.63) is 70.5 Å². The molecule has 192 valence electrons. The Kier molecular flexibility index (Phi) is 7.57. The number of benzene rings is 2. The van der Waals surface area contributed by atoms with Gasteiger partial charge < -0.3 is 23.9 Å². The summed E-state index contributed by atoms with van der Waals surface area (Å²) >= 11 is 0. The molecule has 0 saturated carbocycles. The van der Waals surface area contributed by atoms with Gasteiger partial charge in [-0.15, -0.1) is 0 Å². The number of hydrogen-bond donors (Lipinski definition) is 1. The third-order valence-electron chi connectivity index (χ3n) is 5.71. The summed E-state index contributed by atoms with van der Waals surface area (Å²) in [5.41, 5.74) is 0.658. The molecule has 0 bridgehead atoms. The van der Waals surface area contributed by atoms with Gasteiger partial charge in [0.2, 0.25) is 11.2 Å². The van der Waals surface area contributed by atoms with E-state index < -0.39 is 23.4 Å². The number of aryl methyl sites for hydroxylation is 1. The third kappa shape index (κ3) is 5.18. The summed E-state index contributed by atoms with van der Waals surface area (Å²) in [6.45, 7) is 3.60. The molecule has 0 spiro atoms. The second-order valence-corrected chi connectivity index (χ2v) is 8.07. The van der Waals surface area contributed by atoms with Gasteiger partial charge in [-0.2, -0.15) is 5.10 Å². The highest BCUT2D eigenvalue weighted by Gasteiger charge is 2.27. The molecule has 2 aromatic carbocycles. The number of nitrogens with one attached hydrogen (secondary N) is 1. The van der Waals surface area contributed by atoms with Gasteiger partial charge in [-0.05, 0) is 49.7 Å². The van der Waals surface area contributed by atoms with Crippen molar-refractivity contribution < 1.29 is 28.2 Å². The first-order valence-corrected chi connectivity index (χ1v) is 11.7. The maximum Gasteiger partial charge on any atom is 0.343 e. The SMILES string of the molecule is CCOC(=O)c1cnn(C)c1NC(=O)C(CC)Oc1c(-c2ccc(OC)cc2)oc2ccccc2c1=O. The number of para-hydroxylation sites is 1. The highest BCUT2D eigenvalue weighted by Crippen LogP contribution is 2.33. The maximum atomic E-state index is 13.5. The Labute approximate surface area is 212 Å². The average molecular weight is 506 g/mol. The van der Waals surface area contributed by atoms with Crippen molar-refractivity contribution in [2.45, 2.75) is 26.4 Å². The van der Waals surface area contributed by atoms with Crippen LogP contribution in [0.3, 0.4) is 0 Å². The summed E-state index contributed by atoms with van der Waals surface area (Å²) in [4.78, 5) is 39.0. The van der Waals surface area contributed by atoms with Crippen LogP contribution in [-0.4, -0.2) is 41.5 Å². The molecule has 0 saturated heterocycles. The van der Waals surface area contributed by atoms with E-state index in [1.165, 1.54) is 10.9 Å². The zero-order valence-electron chi connectivity index (χ0n) is 20.9. The molecule has 0 aliphatic rings. The number of carbonyl (C=O) groups is 2. The lowest BCUT2D eigenvalue weighted by Crippen LogP contribution is -2.35. The van der Waals surface area contributed by atoms with Crippen LogP contribution in [0.15, 0.2) is 63.9 Å². The van der Waals surface area contributed by atoms with Crippen LogP contribution in [-0.2, 0) is 16.6 Å². The van der Waals surface area contributed by atoms with E-state index in [2.05, 4.69) is 10.4 Å². The fourth-order valence-electron chi connectivity index (χ4n) is 3.77. The lowest BCUT2D eigenvalue weighted by Gasteiger charge is -2.19. The fourth-order valence-corrected chi connectivity index (χ4v) is 3.77. The molecule has 37 heavy (non-hydrogen) atoms. The first kappa shape index (κ1) is 25.5. The molecule has 10 nitrogen and oxygen atoms in total. The van der Waals surface area contributed by atoms with Crippen molar-refractivity contribution in [3.8, 4) is 22.8 Å². The summed E-state index contributed by atoms with van der Waals surface area (Å²) in [7, 11) is 3.14. The van der Waals surface area contributed by atoms with Crippen LogP contribution >= 0.6 is 0 Å². The van der Waals surface area contributed by atoms with Crippen LogP contribution < -0.4 is 20.2 Å². The predicted octanol–water partition coefficient (Wildman–Crippen LogP) is 4.17. The molecule has 1 N–H and O–H groups in total. The zero-order chi connectivity index (χ0) is 26.5. The summed E-state index contributed by atoms with van der Waals surface area (Å²) in [5.74, 6) is -0.297. The number of fused-ring (bicyclic) bond motifs is 1. The molecule has 1 amide bonds. The van der Waals surface area contributed by atoms with Crippen molar-refractivity contribution in [3.63, 3.8) is 0 Å². The Morgan fingerprint density at radius 3 is 2.51 bits per heavy atom. The Morgan fingerprint density at radius 1 is 1.11 bits per heavy atom. The van der Waals surface area contributed by atoms with Gasteiger partial charge in [0.1, 0.15) is 22.7 Å². The van der Waals surface area contributed by atoms with E-state index >= 15 is 0 Å². The summed E-state index contributed by atoms with van der Waals surface area (Å²) in [6, 6.07) is 13.8. The second-order valence-electron chi connectivity index (χ2n) is 8.07. The van der Waals surface area contributed by atoms with Gasteiger partial charge in [0.05, 0.1) is 25.3 Å². The van der Waals surface area contributed by atoms with E-state index in [4.69, 9.17) is 18.6 Å². The van der Waals surface area contributed by atoms with E-state index in [9.17, 15) is 14.4 Å². The third-order valence-corrected chi connectivity index (χ3v) is 5.71. The largest absolute Gasteiger partial charge is 0.497 e. The molecule has 2 aromatic heterocycles. The van der Waals surface area contributed by atoms with Crippen LogP contribution in [0.25, 0.3) is 22.3 Å². The van der Waals surface area contributed by atoms with Crippen LogP contribution in [0.1, 0.15) is 30.6 Å². The van der Waals surface area contributed by atoms with Crippen molar-refractivity contribution in [1.29, 1.82) is 0 Å². The number of aromatic nitrogens is 2. The summed E-state index contributed by atoms with van der Waals surface area (Å²) in [6.07, 6.45) is 0.466. The molecule has 0 fully saturated rings. The van der Waals surface area contributed by atoms with Gasteiger partial charge in [-0.3, -0.25) is 14.3 Å². The molecule has 4 aromatic rings. The van der Waals surface area contributed by atoms with Crippen LogP contribution in [0.5, 0.6) is 11.5 Å². The fraction of sp³-hybridized carbons (Fsp3) is 0.259. The van der Waals surface area contributed by atoms with E-state index in [1.807, 2.05) is 0 Å². The van der Waals surface area contributed by atoms with E-state index in [0.717, 1.165) is 0 Å². The smallest absolute Gasteiger partial charge is 0.343 e. The number of nitrogens with zero attached hydrogens (tertiary/aromatic N) is 2. The number of anilines is 1. The molecule has 1 unspecified atom stereocenters. The normalized spacial score (nSPS) is 11.7. The Hall–Kier alpha value is -4.60. The number of ether oxygens (including phenoxy) is 3. The standard InChI is InChI=1S/C27H27N3O7/c1-5-20(26(32)29-25-19(15-28-30(25)3)27(33)35-6-2)36-24-22(31)18-9-7-8-10-21(18)37-23(24)16-11-13-17(34-4)14-12-16/h7-15,20H,5-6H2,1-4H3,(H,29,32). The summed E-state index contributed by atoms with van der Waals surface area (Å²) in [5, 5.41) is 7.05. The second kappa shape index (κ2) is 11.0. The molecule has 0 aliphatic carbocycles. The molecule has 4 rings (SSSR count). The monoisotopic (exact) mass is 505 g/mol. The molecule has 0 aliphatic heterocycles. The highest BCUT2D eigenvalue weighted by molar-refractivity contribution is 6.01. The van der Waals surface area contributed by atoms with Gasteiger partial charge in [0.15, 0.2) is 11.9 Å². The van der Waals surface area contributed by atoms with Crippen molar-refractivity contribution in [2.75, 3.05) is 19.0 Å². The van der Waals surface area contributed by atoms with Gasteiger partial charge in [0.25, 0.3) is 5.91 Å². The van der Waals surface area contributed by atoms with E-state index in [-0.39, 0.29) is 35.9 Å². The molecule has 10 heteroatoms. The molecule has 0 radical (unpaired) electrons. The molecular weight excluding hydrogens is 478 g/mol. The van der Waals surface area contributed by atoms with Crippen LogP contribution in [0, 0.1) is 0 Å². The minimum atomic E-state index is -1.08. The Balaban J connectivity index is 1.72. The lowest BCUT2D eigenvalue weighted by atomic mass is 10.1. The molecule has 1 atom stereocenters. The van der Waals surface area contributed by atoms with Gasteiger partial charge >= 0.3 is 5.97 Å². The number of methoxy groups -OCH3 is 1. The molecule has 2 heterocycles. The first-order valence-electron chi connectivity index (χ1n) is 11.7. The number of hydrogen-bond acceptors (Lipinski definition) is 8.